The van der Waals surface area contributed by atoms with Crippen LogP contribution in [0.1, 0.15) is 24.8 Å². The number of allylic oxidation sites excluding steroid dienone is 1. The smallest absolute Gasteiger partial charge is 0.123 e. The number of aliphatic hydroxyl groups excluding tert-OH is 1. The van der Waals surface area contributed by atoms with Gasteiger partial charge in [0.1, 0.15) is 5.82 Å². The monoisotopic (exact) mass is 192 g/mol. The minimum Gasteiger partial charge on any atom is -0.393 e. The van der Waals surface area contributed by atoms with Crippen molar-refractivity contribution in [3.63, 3.8) is 0 Å². The van der Waals surface area contributed by atoms with E-state index < -0.39 is 0 Å². The molecule has 0 aromatic heterocycles. The molecular weight excluding hydrogens is 179 g/mol. The standard InChI is InChI=1S/C12H13FO/c13-11-5-1-9(2-6-11)10-3-7-12(14)8-4-10/h1-3,5-6,12,14H,4,7-8H2. The summed E-state index contributed by atoms with van der Waals surface area (Å²) in [4.78, 5) is 0. The molecule has 0 spiro atoms. The van der Waals surface area contributed by atoms with Crippen molar-refractivity contribution in [2.45, 2.75) is 25.4 Å². The van der Waals surface area contributed by atoms with Crippen molar-refractivity contribution < 1.29 is 9.50 Å². The second-order valence-corrected chi connectivity index (χ2v) is 3.66. The average molecular weight is 192 g/mol. The molecule has 0 fully saturated rings. The summed E-state index contributed by atoms with van der Waals surface area (Å²) in [5.41, 5.74) is 2.29. The van der Waals surface area contributed by atoms with Crippen LogP contribution >= 0.6 is 0 Å². The van der Waals surface area contributed by atoms with Gasteiger partial charge in [-0.1, -0.05) is 18.2 Å². The van der Waals surface area contributed by atoms with Crippen molar-refractivity contribution in [2.24, 2.45) is 0 Å². The average Bonchev–Trinajstić information content (AvgIpc) is 2.21. The van der Waals surface area contributed by atoms with Gasteiger partial charge in [-0.25, -0.2) is 4.39 Å². The predicted octanol–water partition coefficient (Wildman–Crippen LogP) is 2.75. The molecule has 0 saturated heterocycles. The first-order chi connectivity index (χ1) is 6.75. The van der Waals surface area contributed by atoms with Crippen LogP contribution in [0.2, 0.25) is 0 Å². The molecule has 0 aliphatic heterocycles. The maximum atomic E-state index is 12.7. The third-order valence-corrected chi connectivity index (χ3v) is 2.60. The van der Waals surface area contributed by atoms with E-state index in [-0.39, 0.29) is 11.9 Å². The van der Waals surface area contributed by atoms with Crippen LogP contribution in [0.5, 0.6) is 0 Å². The van der Waals surface area contributed by atoms with Crippen molar-refractivity contribution in [2.75, 3.05) is 0 Å². The van der Waals surface area contributed by atoms with Crippen molar-refractivity contribution in [1.82, 2.24) is 0 Å². The molecule has 1 aliphatic carbocycles. The lowest BCUT2D eigenvalue weighted by Gasteiger charge is -2.17. The molecule has 0 radical (unpaired) electrons. The number of rotatable bonds is 1. The van der Waals surface area contributed by atoms with Crippen LogP contribution in [0.3, 0.4) is 0 Å². The van der Waals surface area contributed by atoms with Crippen molar-refractivity contribution in [3.05, 3.63) is 41.7 Å². The van der Waals surface area contributed by atoms with E-state index in [1.54, 1.807) is 12.1 Å². The molecule has 1 aliphatic rings. The first-order valence-electron chi connectivity index (χ1n) is 4.89. The molecule has 0 heterocycles. The fourth-order valence-corrected chi connectivity index (χ4v) is 1.75. The van der Waals surface area contributed by atoms with Crippen LogP contribution in [0.25, 0.3) is 5.57 Å². The van der Waals surface area contributed by atoms with E-state index in [4.69, 9.17) is 0 Å². The predicted molar refractivity (Wildman–Crippen MR) is 54.2 cm³/mol. The van der Waals surface area contributed by atoms with Crippen molar-refractivity contribution in [1.29, 1.82) is 0 Å². The highest BCUT2D eigenvalue weighted by molar-refractivity contribution is 5.66. The van der Waals surface area contributed by atoms with E-state index in [1.807, 2.05) is 6.08 Å². The second kappa shape index (κ2) is 3.93. The van der Waals surface area contributed by atoms with Crippen molar-refractivity contribution in [3.8, 4) is 0 Å². The molecule has 2 rings (SSSR count). The Morgan fingerprint density at radius 1 is 1.21 bits per heavy atom. The van der Waals surface area contributed by atoms with Crippen LogP contribution in [-0.4, -0.2) is 11.2 Å². The number of hydrogen-bond donors (Lipinski definition) is 1. The fourth-order valence-electron chi connectivity index (χ4n) is 1.75. The van der Waals surface area contributed by atoms with Gasteiger partial charge < -0.3 is 5.11 Å². The highest BCUT2D eigenvalue weighted by atomic mass is 19.1. The molecule has 1 unspecified atom stereocenters. The van der Waals surface area contributed by atoms with E-state index >= 15 is 0 Å². The van der Waals surface area contributed by atoms with Crippen LogP contribution in [0, 0.1) is 5.82 Å². The summed E-state index contributed by atoms with van der Waals surface area (Å²) < 4.78 is 12.7. The topological polar surface area (TPSA) is 20.2 Å². The zero-order valence-corrected chi connectivity index (χ0v) is 7.91. The summed E-state index contributed by atoms with van der Waals surface area (Å²) in [7, 11) is 0. The van der Waals surface area contributed by atoms with Crippen molar-refractivity contribution >= 4 is 5.57 Å². The zero-order chi connectivity index (χ0) is 9.97. The molecule has 2 heteroatoms. The van der Waals surface area contributed by atoms with E-state index in [1.165, 1.54) is 17.7 Å². The molecule has 74 valence electrons. The van der Waals surface area contributed by atoms with Gasteiger partial charge in [-0.3, -0.25) is 0 Å². The highest BCUT2D eigenvalue weighted by Gasteiger charge is 2.12. The van der Waals surface area contributed by atoms with Gasteiger partial charge in [0.2, 0.25) is 0 Å². The summed E-state index contributed by atoms with van der Waals surface area (Å²) in [5, 5.41) is 9.31. The van der Waals surface area contributed by atoms with Gasteiger partial charge in [0.15, 0.2) is 0 Å². The quantitative estimate of drug-likeness (QED) is 0.725. The summed E-state index contributed by atoms with van der Waals surface area (Å²) in [6, 6.07) is 6.53. The molecular formula is C12H13FO. The SMILES string of the molecule is OC1CC=C(c2ccc(F)cc2)CC1. The van der Waals surface area contributed by atoms with E-state index in [2.05, 4.69) is 0 Å². The minimum absolute atomic E-state index is 0.195. The lowest BCUT2D eigenvalue weighted by atomic mass is 9.92. The van der Waals surface area contributed by atoms with Crippen LogP contribution < -0.4 is 0 Å². The van der Waals surface area contributed by atoms with Gasteiger partial charge in [0.25, 0.3) is 0 Å². The lowest BCUT2D eigenvalue weighted by Crippen LogP contribution is -2.09. The Morgan fingerprint density at radius 2 is 1.93 bits per heavy atom. The van der Waals surface area contributed by atoms with Gasteiger partial charge >= 0.3 is 0 Å². The number of halogens is 1. The van der Waals surface area contributed by atoms with Gasteiger partial charge in [-0.15, -0.1) is 0 Å². The Hall–Kier alpha value is -1.15. The number of hydrogen-bond acceptors (Lipinski definition) is 1. The summed E-state index contributed by atoms with van der Waals surface area (Å²) in [5.74, 6) is -0.204. The van der Waals surface area contributed by atoms with Gasteiger partial charge in [0, 0.05) is 0 Å². The van der Waals surface area contributed by atoms with Crippen LogP contribution in [0.4, 0.5) is 4.39 Å². The Labute approximate surface area is 82.9 Å². The molecule has 1 nitrogen and oxygen atoms in total. The van der Waals surface area contributed by atoms with E-state index in [9.17, 15) is 9.50 Å². The Kier molecular flexibility index (Phi) is 2.64. The second-order valence-electron chi connectivity index (χ2n) is 3.66. The Morgan fingerprint density at radius 3 is 2.50 bits per heavy atom. The molecule has 1 N–H and O–H groups in total. The van der Waals surface area contributed by atoms with Gasteiger partial charge in [-0.2, -0.15) is 0 Å². The summed E-state index contributed by atoms with van der Waals surface area (Å²) in [6.45, 7) is 0. The molecule has 0 bridgehead atoms. The Balaban J connectivity index is 2.19. The maximum Gasteiger partial charge on any atom is 0.123 e. The van der Waals surface area contributed by atoms with E-state index in [0.717, 1.165) is 18.4 Å². The molecule has 1 atom stereocenters. The number of aliphatic hydroxyl groups is 1. The van der Waals surface area contributed by atoms with Crippen LogP contribution in [-0.2, 0) is 0 Å². The summed E-state index contributed by atoms with van der Waals surface area (Å²) >= 11 is 0. The molecule has 0 saturated carbocycles. The van der Waals surface area contributed by atoms with Gasteiger partial charge in [-0.05, 0) is 42.5 Å². The third kappa shape index (κ3) is 2.02. The van der Waals surface area contributed by atoms with Crippen LogP contribution in [0.15, 0.2) is 30.3 Å². The minimum atomic E-state index is -0.204. The first-order valence-corrected chi connectivity index (χ1v) is 4.89. The number of benzene rings is 1. The fraction of sp³-hybridized carbons (Fsp3) is 0.333. The first kappa shape index (κ1) is 9.41. The highest BCUT2D eigenvalue weighted by Crippen LogP contribution is 2.26. The molecule has 0 amide bonds. The van der Waals surface area contributed by atoms with E-state index in [0.29, 0.717) is 6.42 Å². The molecule has 1 aromatic carbocycles. The summed E-state index contributed by atoms with van der Waals surface area (Å²) in [6.07, 6.45) is 4.25. The lowest BCUT2D eigenvalue weighted by molar-refractivity contribution is 0.166. The normalized spacial score (nSPS) is 21.9. The zero-order valence-electron chi connectivity index (χ0n) is 7.91. The third-order valence-electron chi connectivity index (χ3n) is 2.60. The van der Waals surface area contributed by atoms with Gasteiger partial charge in [0.05, 0.1) is 6.10 Å². The molecule has 1 aromatic rings. The molecule has 14 heavy (non-hydrogen) atoms. The largest absolute Gasteiger partial charge is 0.393 e. The maximum absolute atomic E-state index is 12.7. The Bertz CT molecular complexity index is 340.